The van der Waals surface area contributed by atoms with E-state index in [2.05, 4.69) is 52.0 Å². The molecule has 0 amide bonds. The summed E-state index contributed by atoms with van der Waals surface area (Å²) < 4.78 is 5.96. The summed E-state index contributed by atoms with van der Waals surface area (Å²) in [5.74, 6) is 0. The number of allylic oxidation sites excluding steroid dienone is 3. The van der Waals surface area contributed by atoms with Gasteiger partial charge in [0.1, 0.15) is 0 Å². The van der Waals surface area contributed by atoms with Gasteiger partial charge in [0.15, 0.2) is 0 Å². The SMILES string of the molecule is CCC(OC(C)C)C1(C)C=CC=CC1. The van der Waals surface area contributed by atoms with Crippen LogP contribution in [-0.4, -0.2) is 12.2 Å². The standard InChI is InChI=1S/C13H22O/c1-5-12(14-11(2)3)13(4)9-7-6-8-10-13/h6-9,11-12H,5,10H2,1-4H3. The summed E-state index contributed by atoms with van der Waals surface area (Å²) in [6.07, 6.45) is 11.6. The molecule has 0 saturated carbocycles. The van der Waals surface area contributed by atoms with Crippen molar-refractivity contribution in [3.8, 4) is 0 Å². The van der Waals surface area contributed by atoms with Crippen LogP contribution >= 0.6 is 0 Å². The summed E-state index contributed by atoms with van der Waals surface area (Å²) in [6, 6.07) is 0. The topological polar surface area (TPSA) is 9.23 Å². The van der Waals surface area contributed by atoms with Crippen LogP contribution in [-0.2, 0) is 4.74 Å². The van der Waals surface area contributed by atoms with Gasteiger partial charge in [0.2, 0.25) is 0 Å². The van der Waals surface area contributed by atoms with Gasteiger partial charge in [0, 0.05) is 5.41 Å². The van der Waals surface area contributed by atoms with E-state index in [0.717, 1.165) is 12.8 Å². The number of hydrogen-bond donors (Lipinski definition) is 0. The second-order valence-corrected chi connectivity index (χ2v) is 4.58. The first-order valence-corrected chi connectivity index (χ1v) is 5.58. The van der Waals surface area contributed by atoms with Gasteiger partial charge in [-0.05, 0) is 26.7 Å². The van der Waals surface area contributed by atoms with E-state index >= 15 is 0 Å². The summed E-state index contributed by atoms with van der Waals surface area (Å²) in [6.45, 7) is 8.69. The molecular formula is C13H22O. The highest BCUT2D eigenvalue weighted by Crippen LogP contribution is 2.35. The van der Waals surface area contributed by atoms with Gasteiger partial charge in [-0.2, -0.15) is 0 Å². The quantitative estimate of drug-likeness (QED) is 0.663. The minimum atomic E-state index is 0.188. The van der Waals surface area contributed by atoms with Crippen molar-refractivity contribution in [1.82, 2.24) is 0 Å². The number of rotatable bonds is 4. The fourth-order valence-electron chi connectivity index (χ4n) is 2.03. The first-order valence-electron chi connectivity index (χ1n) is 5.58. The molecule has 1 rings (SSSR count). The molecule has 14 heavy (non-hydrogen) atoms. The summed E-state index contributed by atoms with van der Waals surface area (Å²) in [5.41, 5.74) is 0.188. The molecule has 1 nitrogen and oxygen atoms in total. The van der Waals surface area contributed by atoms with Gasteiger partial charge in [-0.25, -0.2) is 0 Å². The van der Waals surface area contributed by atoms with Crippen LogP contribution in [0.3, 0.4) is 0 Å². The van der Waals surface area contributed by atoms with E-state index < -0.39 is 0 Å². The first kappa shape index (κ1) is 11.5. The molecule has 0 aromatic carbocycles. The molecule has 0 bridgehead atoms. The Balaban J connectivity index is 2.67. The fraction of sp³-hybridized carbons (Fsp3) is 0.692. The van der Waals surface area contributed by atoms with Crippen LogP contribution in [0, 0.1) is 5.41 Å². The fourth-order valence-corrected chi connectivity index (χ4v) is 2.03. The Morgan fingerprint density at radius 3 is 2.50 bits per heavy atom. The van der Waals surface area contributed by atoms with E-state index in [1.807, 2.05) is 0 Å². The van der Waals surface area contributed by atoms with Crippen molar-refractivity contribution in [2.45, 2.75) is 52.7 Å². The average molecular weight is 194 g/mol. The number of ether oxygens (including phenoxy) is 1. The van der Waals surface area contributed by atoms with Gasteiger partial charge in [0.05, 0.1) is 12.2 Å². The smallest absolute Gasteiger partial charge is 0.0667 e. The Labute approximate surface area is 87.8 Å². The molecule has 0 aromatic heterocycles. The molecule has 2 unspecified atom stereocenters. The minimum absolute atomic E-state index is 0.188. The van der Waals surface area contributed by atoms with Crippen LogP contribution in [0.15, 0.2) is 24.3 Å². The van der Waals surface area contributed by atoms with E-state index in [1.165, 1.54) is 0 Å². The monoisotopic (exact) mass is 194 g/mol. The molecule has 0 fully saturated rings. The number of hydrogen-bond acceptors (Lipinski definition) is 1. The molecular weight excluding hydrogens is 172 g/mol. The molecule has 2 atom stereocenters. The molecule has 1 aliphatic rings. The van der Waals surface area contributed by atoms with Crippen molar-refractivity contribution in [1.29, 1.82) is 0 Å². The van der Waals surface area contributed by atoms with Crippen molar-refractivity contribution in [3.63, 3.8) is 0 Å². The molecule has 0 radical (unpaired) electrons. The summed E-state index contributed by atoms with van der Waals surface area (Å²) >= 11 is 0. The molecule has 0 aliphatic heterocycles. The Bertz CT molecular complexity index is 227. The molecule has 0 heterocycles. The Morgan fingerprint density at radius 2 is 2.07 bits per heavy atom. The van der Waals surface area contributed by atoms with Crippen LogP contribution in [0.5, 0.6) is 0 Å². The lowest BCUT2D eigenvalue weighted by atomic mass is 9.77. The van der Waals surface area contributed by atoms with Gasteiger partial charge in [-0.15, -0.1) is 0 Å². The first-order chi connectivity index (χ1) is 6.58. The minimum Gasteiger partial charge on any atom is -0.375 e. The molecule has 0 aromatic rings. The van der Waals surface area contributed by atoms with E-state index in [-0.39, 0.29) is 5.41 Å². The normalized spacial score (nSPS) is 28.4. The molecule has 0 N–H and O–H groups in total. The van der Waals surface area contributed by atoms with E-state index in [1.54, 1.807) is 0 Å². The van der Waals surface area contributed by atoms with Crippen LogP contribution < -0.4 is 0 Å². The Kier molecular flexibility index (Phi) is 3.94. The van der Waals surface area contributed by atoms with E-state index in [0.29, 0.717) is 12.2 Å². The van der Waals surface area contributed by atoms with Crippen molar-refractivity contribution >= 4 is 0 Å². The van der Waals surface area contributed by atoms with Gasteiger partial charge in [0.25, 0.3) is 0 Å². The average Bonchev–Trinajstić information content (AvgIpc) is 2.15. The van der Waals surface area contributed by atoms with Crippen LogP contribution in [0.2, 0.25) is 0 Å². The van der Waals surface area contributed by atoms with Crippen molar-refractivity contribution in [2.24, 2.45) is 5.41 Å². The highest BCUT2D eigenvalue weighted by atomic mass is 16.5. The Morgan fingerprint density at radius 1 is 1.36 bits per heavy atom. The molecule has 1 heteroatoms. The predicted molar refractivity (Wildman–Crippen MR) is 61.3 cm³/mol. The third-order valence-electron chi connectivity index (χ3n) is 2.82. The van der Waals surface area contributed by atoms with Crippen LogP contribution in [0.1, 0.15) is 40.5 Å². The van der Waals surface area contributed by atoms with Gasteiger partial charge >= 0.3 is 0 Å². The second-order valence-electron chi connectivity index (χ2n) is 4.58. The zero-order valence-corrected chi connectivity index (χ0v) is 9.79. The maximum atomic E-state index is 5.96. The van der Waals surface area contributed by atoms with Gasteiger partial charge in [-0.1, -0.05) is 38.2 Å². The van der Waals surface area contributed by atoms with Crippen LogP contribution in [0.25, 0.3) is 0 Å². The maximum Gasteiger partial charge on any atom is 0.0667 e. The van der Waals surface area contributed by atoms with Crippen molar-refractivity contribution < 1.29 is 4.74 Å². The maximum absolute atomic E-state index is 5.96. The zero-order chi connectivity index (χ0) is 10.6. The zero-order valence-electron chi connectivity index (χ0n) is 9.79. The molecule has 80 valence electrons. The third kappa shape index (κ3) is 2.71. The highest BCUT2D eigenvalue weighted by Gasteiger charge is 2.31. The molecule has 1 aliphatic carbocycles. The highest BCUT2D eigenvalue weighted by molar-refractivity contribution is 5.17. The van der Waals surface area contributed by atoms with E-state index in [4.69, 9.17) is 4.74 Å². The van der Waals surface area contributed by atoms with Crippen molar-refractivity contribution in [2.75, 3.05) is 0 Å². The van der Waals surface area contributed by atoms with Gasteiger partial charge in [-0.3, -0.25) is 0 Å². The third-order valence-corrected chi connectivity index (χ3v) is 2.82. The van der Waals surface area contributed by atoms with E-state index in [9.17, 15) is 0 Å². The lowest BCUT2D eigenvalue weighted by molar-refractivity contribution is -0.0485. The summed E-state index contributed by atoms with van der Waals surface area (Å²) in [4.78, 5) is 0. The second kappa shape index (κ2) is 4.79. The molecule has 0 spiro atoms. The largest absolute Gasteiger partial charge is 0.375 e. The summed E-state index contributed by atoms with van der Waals surface area (Å²) in [7, 11) is 0. The van der Waals surface area contributed by atoms with Gasteiger partial charge < -0.3 is 4.74 Å². The Hall–Kier alpha value is -0.560. The molecule has 0 saturated heterocycles. The lowest BCUT2D eigenvalue weighted by Crippen LogP contribution is -2.34. The van der Waals surface area contributed by atoms with Crippen LogP contribution in [0.4, 0.5) is 0 Å². The van der Waals surface area contributed by atoms with Crippen molar-refractivity contribution in [3.05, 3.63) is 24.3 Å². The predicted octanol–water partition coefficient (Wildman–Crippen LogP) is 3.71. The lowest BCUT2D eigenvalue weighted by Gasteiger charge is -2.36. The summed E-state index contributed by atoms with van der Waals surface area (Å²) in [5, 5.41) is 0.